The van der Waals surface area contributed by atoms with E-state index in [0.29, 0.717) is 6.54 Å². The largest absolute Gasteiger partial charge is 0.345 e. The van der Waals surface area contributed by atoms with Gasteiger partial charge in [0.2, 0.25) is 0 Å². The predicted molar refractivity (Wildman–Crippen MR) is 46.0 cm³/mol. The number of nitrogens with one attached hydrogen (secondary N) is 1. The van der Waals surface area contributed by atoms with Crippen LogP contribution in [-0.2, 0) is 13.6 Å². The van der Waals surface area contributed by atoms with Gasteiger partial charge in [0, 0.05) is 13.6 Å². The van der Waals surface area contributed by atoms with Crippen molar-refractivity contribution in [3.63, 3.8) is 0 Å². The summed E-state index contributed by atoms with van der Waals surface area (Å²) in [5.41, 5.74) is -0.0499. The van der Waals surface area contributed by atoms with E-state index in [0.717, 1.165) is 13.0 Å². The van der Waals surface area contributed by atoms with Gasteiger partial charge in [-0.25, -0.2) is 9.48 Å². The molecule has 0 spiro atoms. The lowest BCUT2D eigenvalue weighted by atomic mass is 10.4. The van der Waals surface area contributed by atoms with Gasteiger partial charge in [-0.2, -0.15) is 5.10 Å². The summed E-state index contributed by atoms with van der Waals surface area (Å²) in [6.07, 6.45) is 2.45. The molecule has 1 rings (SSSR count). The second-order valence-corrected chi connectivity index (χ2v) is 2.70. The molecule has 0 aromatic carbocycles. The summed E-state index contributed by atoms with van der Waals surface area (Å²) in [5, 5.41) is 6.94. The highest BCUT2D eigenvalue weighted by Crippen LogP contribution is 1.81. The minimum absolute atomic E-state index is 0.0499. The zero-order valence-corrected chi connectivity index (χ0v) is 7.45. The summed E-state index contributed by atoms with van der Waals surface area (Å²) in [5.74, 6) is 0. The Bertz CT molecular complexity index is 288. The monoisotopic (exact) mass is 170 g/mol. The van der Waals surface area contributed by atoms with Crippen LogP contribution in [0.15, 0.2) is 11.1 Å². The standard InChI is InChI=1S/C7H14N4O/c1-8-4-3-5-11-7(12)10(2)6-9-11/h6,8H,3-5H2,1-2H3. The van der Waals surface area contributed by atoms with Crippen molar-refractivity contribution in [2.45, 2.75) is 13.0 Å². The van der Waals surface area contributed by atoms with Gasteiger partial charge >= 0.3 is 5.69 Å². The van der Waals surface area contributed by atoms with Crippen LogP contribution in [0.1, 0.15) is 6.42 Å². The van der Waals surface area contributed by atoms with E-state index in [1.807, 2.05) is 7.05 Å². The summed E-state index contributed by atoms with van der Waals surface area (Å²) in [7, 11) is 3.59. The third-order valence-electron chi connectivity index (χ3n) is 1.68. The lowest BCUT2D eigenvalue weighted by Gasteiger charge is -1.97. The van der Waals surface area contributed by atoms with Gasteiger partial charge in [0.05, 0.1) is 0 Å². The van der Waals surface area contributed by atoms with Crippen LogP contribution in [0.2, 0.25) is 0 Å². The van der Waals surface area contributed by atoms with Crippen LogP contribution in [0, 0.1) is 0 Å². The molecular weight excluding hydrogens is 156 g/mol. The number of hydrogen-bond donors (Lipinski definition) is 1. The van der Waals surface area contributed by atoms with Gasteiger partial charge in [-0.05, 0) is 20.0 Å². The Morgan fingerprint density at radius 3 is 2.92 bits per heavy atom. The molecule has 0 aliphatic carbocycles. The summed E-state index contributed by atoms with van der Waals surface area (Å²) in [6, 6.07) is 0. The SMILES string of the molecule is CNCCCn1ncn(C)c1=O. The first kappa shape index (κ1) is 8.99. The molecule has 0 amide bonds. The highest BCUT2D eigenvalue weighted by Gasteiger charge is 1.98. The smallest absolute Gasteiger partial charge is 0.320 e. The number of hydrogen-bond acceptors (Lipinski definition) is 3. The van der Waals surface area contributed by atoms with E-state index in [4.69, 9.17) is 0 Å². The Hall–Kier alpha value is -1.10. The molecule has 0 bridgehead atoms. The summed E-state index contributed by atoms with van der Waals surface area (Å²) >= 11 is 0. The van der Waals surface area contributed by atoms with E-state index >= 15 is 0 Å². The first-order chi connectivity index (χ1) is 5.75. The molecule has 68 valence electrons. The second kappa shape index (κ2) is 4.06. The maximum Gasteiger partial charge on any atom is 0.345 e. The van der Waals surface area contributed by atoms with Crippen molar-refractivity contribution >= 4 is 0 Å². The zero-order valence-electron chi connectivity index (χ0n) is 7.45. The molecule has 1 N–H and O–H groups in total. The van der Waals surface area contributed by atoms with Crippen LogP contribution < -0.4 is 11.0 Å². The average Bonchev–Trinajstić information content (AvgIpc) is 2.36. The van der Waals surface area contributed by atoms with Crippen LogP contribution >= 0.6 is 0 Å². The molecule has 1 aromatic heterocycles. The highest BCUT2D eigenvalue weighted by atomic mass is 16.2. The van der Waals surface area contributed by atoms with Crippen molar-refractivity contribution in [2.75, 3.05) is 13.6 Å². The molecule has 5 heteroatoms. The Labute approximate surface area is 71.0 Å². The van der Waals surface area contributed by atoms with Crippen molar-refractivity contribution in [3.8, 4) is 0 Å². The topological polar surface area (TPSA) is 51.9 Å². The fourth-order valence-corrected chi connectivity index (χ4v) is 0.980. The predicted octanol–water partition coefficient (Wildman–Crippen LogP) is -0.809. The van der Waals surface area contributed by atoms with Gasteiger partial charge in [-0.15, -0.1) is 0 Å². The van der Waals surface area contributed by atoms with Gasteiger partial charge in [0.25, 0.3) is 0 Å². The Kier molecular flexibility index (Phi) is 3.04. The van der Waals surface area contributed by atoms with Crippen LogP contribution in [0.3, 0.4) is 0 Å². The maximum atomic E-state index is 11.2. The van der Waals surface area contributed by atoms with Gasteiger partial charge in [0.1, 0.15) is 6.33 Å². The molecule has 0 fully saturated rings. The van der Waals surface area contributed by atoms with Crippen molar-refractivity contribution in [1.82, 2.24) is 19.7 Å². The zero-order chi connectivity index (χ0) is 8.97. The van der Waals surface area contributed by atoms with E-state index in [-0.39, 0.29) is 5.69 Å². The van der Waals surface area contributed by atoms with Crippen LogP contribution in [0.4, 0.5) is 0 Å². The quantitative estimate of drug-likeness (QED) is 0.601. The van der Waals surface area contributed by atoms with E-state index < -0.39 is 0 Å². The van der Waals surface area contributed by atoms with E-state index in [2.05, 4.69) is 10.4 Å². The summed E-state index contributed by atoms with van der Waals surface area (Å²) in [6.45, 7) is 1.59. The molecule has 0 aliphatic heterocycles. The van der Waals surface area contributed by atoms with Gasteiger partial charge in [-0.1, -0.05) is 0 Å². The first-order valence-corrected chi connectivity index (χ1v) is 3.98. The average molecular weight is 170 g/mol. The normalized spacial score (nSPS) is 10.5. The Morgan fingerprint density at radius 2 is 2.42 bits per heavy atom. The van der Waals surface area contributed by atoms with E-state index in [1.165, 1.54) is 15.6 Å². The van der Waals surface area contributed by atoms with Crippen LogP contribution in [0.25, 0.3) is 0 Å². The summed E-state index contributed by atoms with van der Waals surface area (Å²) in [4.78, 5) is 11.2. The van der Waals surface area contributed by atoms with Gasteiger partial charge < -0.3 is 5.32 Å². The number of aromatic nitrogens is 3. The molecule has 5 nitrogen and oxygen atoms in total. The Morgan fingerprint density at radius 1 is 1.67 bits per heavy atom. The molecule has 0 unspecified atom stereocenters. The molecule has 0 radical (unpaired) electrons. The minimum Gasteiger partial charge on any atom is -0.320 e. The second-order valence-electron chi connectivity index (χ2n) is 2.70. The van der Waals surface area contributed by atoms with Crippen molar-refractivity contribution in [2.24, 2.45) is 7.05 Å². The molecule has 0 atom stereocenters. The fourth-order valence-electron chi connectivity index (χ4n) is 0.980. The number of rotatable bonds is 4. The van der Waals surface area contributed by atoms with E-state index in [9.17, 15) is 4.79 Å². The third kappa shape index (κ3) is 1.94. The number of nitrogens with zero attached hydrogens (tertiary/aromatic N) is 3. The molecule has 1 heterocycles. The van der Waals surface area contributed by atoms with Gasteiger partial charge in [-0.3, -0.25) is 4.57 Å². The molecule has 0 saturated carbocycles. The van der Waals surface area contributed by atoms with Crippen molar-refractivity contribution < 1.29 is 0 Å². The molecule has 0 aliphatic rings. The molecule has 1 aromatic rings. The van der Waals surface area contributed by atoms with Gasteiger partial charge in [0.15, 0.2) is 0 Å². The molecule has 12 heavy (non-hydrogen) atoms. The highest BCUT2D eigenvalue weighted by molar-refractivity contribution is 4.64. The lowest BCUT2D eigenvalue weighted by Crippen LogP contribution is -2.24. The molecular formula is C7H14N4O. The van der Waals surface area contributed by atoms with Crippen molar-refractivity contribution in [3.05, 3.63) is 16.8 Å². The van der Waals surface area contributed by atoms with Crippen LogP contribution in [-0.4, -0.2) is 27.9 Å². The van der Waals surface area contributed by atoms with E-state index in [1.54, 1.807) is 7.05 Å². The van der Waals surface area contributed by atoms with Crippen molar-refractivity contribution in [1.29, 1.82) is 0 Å². The van der Waals surface area contributed by atoms with Crippen LogP contribution in [0.5, 0.6) is 0 Å². The first-order valence-electron chi connectivity index (χ1n) is 3.98. The third-order valence-corrected chi connectivity index (χ3v) is 1.68. The number of aryl methyl sites for hydroxylation is 2. The molecule has 0 saturated heterocycles. The fraction of sp³-hybridized carbons (Fsp3) is 0.714. The lowest BCUT2D eigenvalue weighted by molar-refractivity contribution is 0.541. The minimum atomic E-state index is -0.0499. The summed E-state index contributed by atoms with van der Waals surface area (Å²) < 4.78 is 2.94. The Balaban J connectivity index is 2.52. The maximum absolute atomic E-state index is 11.2.